The lowest BCUT2D eigenvalue weighted by molar-refractivity contribution is -0.122. The average molecular weight is 380 g/mol. The molecule has 0 heterocycles. The van der Waals surface area contributed by atoms with Crippen LogP contribution < -0.4 is 19.5 Å². The van der Waals surface area contributed by atoms with Crippen molar-refractivity contribution in [1.82, 2.24) is 0 Å². The molecular weight excluding hydrogens is 362 g/mol. The molecule has 0 radical (unpaired) electrons. The van der Waals surface area contributed by atoms with Gasteiger partial charge in [0.1, 0.15) is 17.2 Å². The fourth-order valence-electron chi connectivity index (χ4n) is 1.94. The van der Waals surface area contributed by atoms with E-state index >= 15 is 0 Å². The summed E-state index contributed by atoms with van der Waals surface area (Å²) in [6.45, 7) is 1.68. The monoisotopic (exact) mass is 379 g/mol. The second-order valence-electron chi connectivity index (χ2n) is 4.77. The minimum atomic E-state index is -0.666. The van der Waals surface area contributed by atoms with Crippen LogP contribution in [0.4, 0.5) is 5.69 Å². The summed E-state index contributed by atoms with van der Waals surface area (Å²) < 4.78 is 16.9. The highest BCUT2D eigenvalue weighted by atomic mass is 79.9. The van der Waals surface area contributed by atoms with Gasteiger partial charge in [-0.2, -0.15) is 0 Å². The van der Waals surface area contributed by atoms with Gasteiger partial charge in [0.05, 0.1) is 19.9 Å². The van der Waals surface area contributed by atoms with Crippen LogP contribution in [0.1, 0.15) is 6.92 Å². The van der Waals surface area contributed by atoms with Crippen molar-refractivity contribution in [2.45, 2.75) is 13.0 Å². The van der Waals surface area contributed by atoms with E-state index in [1.807, 2.05) is 12.1 Å². The molecule has 1 N–H and O–H groups in total. The summed E-state index contributed by atoms with van der Waals surface area (Å²) in [7, 11) is 3.10. The zero-order chi connectivity index (χ0) is 16.8. The SMILES string of the molecule is COc1ccc(OC)c(NC(=O)C(C)Oc2cccc(Br)c2)c1. The third-order valence-corrected chi connectivity index (χ3v) is 3.64. The Labute approximate surface area is 143 Å². The Balaban J connectivity index is 2.09. The molecular formula is C17H18BrNO4. The quantitative estimate of drug-likeness (QED) is 0.827. The fraction of sp³-hybridized carbons (Fsp3) is 0.235. The summed E-state index contributed by atoms with van der Waals surface area (Å²) in [6.07, 6.45) is -0.666. The van der Waals surface area contributed by atoms with Crippen molar-refractivity contribution in [2.75, 3.05) is 19.5 Å². The number of nitrogens with one attached hydrogen (secondary N) is 1. The van der Waals surface area contributed by atoms with E-state index in [1.54, 1.807) is 51.5 Å². The Kier molecular flexibility index (Phi) is 5.87. The van der Waals surface area contributed by atoms with Crippen LogP contribution in [0.2, 0.25) is 0 Å². The first-order valence-electron chi connectivity index (χ1n) is 6.98. The number of hydrogen-bond acceptors (Lipinski definition) is 4. The Morgan fingerprint density at radius 3 is 2.52 bits per heavy atom. The maximum Gasteiger partial charge on any atom is 0.265 e. The smallest absolute Gasteiger partial charge is 0.265 e. The molecule has 0 saturated heterocycles. The van der Waals surface area contributed by atoms with Crippen LogP contribution in [0.25, 0.3) is 0 Å². The van der Waals surface area contributed by atoms with Crippen molar-refractivity contribution in [3.05, 3.63) is 46.9 Å². The van der Waals surface area contributed by atoms with Gasteiger partial charge < -0.3 is 19.5 Å². The van der Waals surface area contributed by atoms with E-state index in [-0.39, 0.29) is 5.91 Å². The predicted octanol–water partition coefficient (Wildman–Crippen LogP) is 3.87. The van der Waals surface area contributed by atoms with Crippen LogP contribution in [0.15, 0.2) is 46.9 Å². The van der Waals surface area contributed by atoms with Crippen molar-refractivity contribution in [3.63, 3.8) is 0 Å². The van der Waals surface area contributed by atoms with Gasteiger partial charge in [0.25, 0.3) is 5.91 Å². The Morgan fingerprint density at radius 2 is 1.87 bits per heavy atom. The van der Waals surface area contributed by atoms with Crippen molar-refractivity contribution < 1.29 is 19.0 Å². The molecule has 5 nitrogen and oxygen atoms in total. The van der Waals surface area contributed by atoms with Crippen LogP contribution in [-0.2, 0) is 4.79 Å². The van der Waals surface area contributed by atoms with Crippen molar-refractivity contribution in [2.24, 2.45) is 0 Å². The number of amides is 1. The van der Waals surface area contributed by atoms with Gasteiger partial charge in [-0.1, -0.05) is 22.0 Å². The largest absolute Gasteiger partial charge is 0.497 e. The number of hydrogen-bond donors (Lipinski definition) is 1. The number of carbonyl (C=O) groups is 1. The van der Waals surface area contributed by atoms with Crippen molar-refractivity contribution in [3.8, 4) is 17.2 Å². The summed E-state index contributed by atoms with van der Waals surface area (Å²) >= 11 is 3.37. The second kappa shape index (κ2) is 7.87. The van der Waals surface area contributed by atoms with Gasteiger partial charge in [-0.15, -0.1) is 0 Å². The molecule has 122 valence electrons. The van der Waals surface area contributed by atoms with Gasteiger partial charge >= 0.3 is 0 Å². The first kappa shape index (κ1) is 17.1. The van der Waals surface area contributed by atoms with Crippen LogP contribution >= 0.6 is 15.9 Å². The van der Waals surface area contributed by atoms with Crippen LogP contribution in [0.3, 0.4) is 0 Å². The highest BCUT2D eigenvalue weighted by molar-refractivity contribution is 9.10. The molecule has 2 aromatic rings. The summed E-state index contributed by atoms with van der Waals surface area (Å²) in [5.41, 5.74) is 0.529. The van der Waals surface area contributed by atoms with E-state index < -0.39 is 6.10 Å². The second-order valence-corrected chi connectivity index (χ2v) is 5.69. The molecule has 6 heteroatoms. The maximum absolute atomic E-state index is 12.3. The molecule has 1 atom stereocenters. The van der Waals surface area contributed by atoms with Crippen LogP contribution in [0.5, 0.6) is 17.2 Å². The Morgan fingerprint density at radius 1 is 1.09 bits per heavy atom. The lowest BCUT2D eigenvalue weighted by Crippen LogP contribution is -2.30. The number of carbonyl (C=O) groups excluding carboxylic acids is 1. The van der Waals surface area contributed by atoms with E-state index in [9.17, 15) is 4.79 Å². The lowest BCUT2D eigenvalue weighted by atomic mass is 10.2. The number of anilines is 1. The lowest BCUT2D eigenvalue weighted by Gasteiger charge is -2.16. The molecule has 0 saturated carbocycles. The van der Waals surface area contributed by atoms with Gasteiger partial charge in [-0.25, -0.2) is 0 Å². The number of halogens is 1. The Hall–Kier alpha value is -2.21. The molecule has 2 rings (SSSR count). The first-order chi connectivity index (χ1) is 11.0. The summed E-state index contributed by atoms with van der Waals surface area (Å²) in [5.74, 6) is 1.51. The van der Waals surface area contributed by atoms with Gasteiger partial charge in [0.2, 0.25) is 0 Å². The van der Waals surface area contributed by atoms with Crippen molar-refractivity contribution in [1.29, 1.82) is 0 Å². The molecule has 0 aromatic heterocycles. The molecule has 0 bridgehead atoms. The summed E-state index contributed by atoms with van der Waals surface area (Å²) in [5, 5.41) is 2.79. The third-order valence-electron chi connectivity index (χ3n) is 3.14. The minimum absolute atomic E-state index is 0.281. The standard InChI is InChI=1S/C17H18BrNO4/c1-11(23-14-6-4-5-12(18)9-14)17(20)19-15-10-13(21-2)7-8-16(15)22-3/h4-11H,1-3H3,(H,19,20). The van der Waals surface area contributed by atoms with E-state index in [1.165, 1.54) is 0 Å². The maximum atomic E-state index is 12.3. The normalized spacial score (nSPS) is 11.5. The molecule has 0 aliphatic carbocycles. The van der Waals surface area contributed by atoms with E-state index in [0.717, 1.165) is 4.47 Å². The molecule has 2 aromatic carbocycles. The zero-order valence-corrected chi connectivity index (χ0v) is 14.7. The number of ether oxygens (including phenoxy) is 3. The van der Waals surface area contributed by atoms with Crippen molar-refractivity contribution >= 4 is 27.5 Å². The third kappa shape index (κ3) is 4.63. The molecule has 0 aliphatic rings. The summed E-state index contributed by atoms with van der Waals surface area (Å²) in [6, 6.07) is 12.5. The Bertz CT molecular complexity index is 690. The number of benzene rings is 2. The minimum Gasteiger partial charge on any atom is -0.497 e. The average Bonchev–Trinajstić information content (AvgIpc) is 2.54. The molecule has 0 spiro atoms. The molecule has 23 heavy (non-hydrogen) atoms. The van der Waals surface area contributed by atoms with E-state index in [2.05, 4.69) is 21.2 Å². The number of methoxy groups -OCH3 is 2. The van der Waals surface area contributed by atoms with Gasteiger partial charge in [0.15, 0.2) is 6.10 Å². The highest BCUT2D eigenvalue weighted by Gasteiger charge is 2.17. The highest BCUT2D eigenvalue weighted by Crippen LogP contribution is 2.29. The zero-order valence-electron chi connectivity index (χ0n) is 13.1. The van der Waals surface area contributed by atoms with Gasteiger partial charge in [-0.3, -0.25) is 4.79 Å². The first-order valence-corrected chi connectivity index (χ1v) is 7.78. The van der Waals surface area contributed by atoms with Crippen LogP contribution in [-0.4, -0.2) is 26.2 Å². The van der Waals surface area contributed by atoms with E-state index in [4.69, 9.17) is 14.2 Å². The molecule has 1 amide bonds. The topological polar surface area (TPSA) is 56.8 Å². The van der Waals surface area contributed by atoms with Gasteiger partial charge in [0, 0.05) is 10.5 Å². The van der Waals surface area contributed by atoms with Gasteiger partial charge in [-0.05, 0) is 37.3 Å². The molecule has 0 aliphatic heterocycles. The fourth-order valence-corrected chi connectivity index (χ4v) is 2.32. The van der Waals surface area contributed by atoms with E-state index in [0.29, 0.717) is 22.9 Å². The molecule has 1 unspecified atom stereocenters. The number of rotatable bonds is 6. The predicted molar refractivity (Wildman–Crippen MR) is 92.4 cm³/mol. The molecule has 0 fully saturated rings. The summed E-state index contributed by atoms with van der Waals surface area (Å²) in [4.78, 5) is 12.3. The van der Waals surface area contributed by atoms with Crippen LogP contribution in [0, 0.1) is 0 Å².